The second-order valence-electron chi connectivity index (χ2n) is 7.69. The third kappa shape index (κ3) is 4.95. The number of halogens is 1. The highest BCUT2D eigenvalue weighted by Gasteiger charge is 2.49. The number of rotatable bonds is 6. The zero-order chi connectivity index (χ0) is 18.6. The van der Waals surface area contributed by atoms with Gasteiger partial charge in [0.25, 0.3) is 0 Å². The molecule has 1 spiro atoms. The highest BCUT2D eigenvalue weighted by molar-refractivity contribution is 6.28. The monoisotopic (exact) mass is 378 g/mol. The molecule has 0 aromatic carbocycles. The highest BCUT2D eigenvalue weighted by Crippen LogP contribution is 2.48. The molecule has 26 heavy (non-hydrogen) atoms. The molecule has 2 heterocycles. The molecule has 7 heteroatoms. The second-order valence-corrected chi connectivity index (χ2v) is 8.03. The molecule has 0 atom stereocenters. The maximum absolute atomic E-state index is 12.3. The Morgan fingerprint density at radius 1 is 1.42 bits per heavy atom. The van der Waals surface area contributed by atoms with Crippen LogP contribution in [0, 0.1) is 5.41 Å². The van der Waals surface area contributed by atoms with Crippen LogP contribution in [-0.4, -0.2) is 53.2 Å². The predicted octanol–water partition coefficient (Wildman–Crippen LogP) is 3.22. The van der Waals surface area contributed by atoms with Crippen LogP contribution < -0.4 is 5.32 Å². The van der Waals surface area contributed by atoms with E-state index in [4.69, 9.17) is 16.3 Å². The van der Waals surface area contributed by atoms with Crippen molar-refractivity contribution in [3.8, 4) is 0 Å². The van der Waals surface area contributed by atoms with E-state index in [1.165, 1.54) is 5.57 Å². The van der Waals surface area contributed by atoms with E-state index in [0.29, 0.717) is 24.5 Å². The van der Waals surface area contributed by atoms with Crippen LogP contribution in [0.1, 0.15) is 38.7 Å². The molecule has 1 saturated carbocycles. The fraction of sp³-hybridized carbons (Fsp3) is 0.632. The number of allylic oxidation sites excluding steroid dienone is 1. The summed E-state index contributed by atoms with van der Waals surface area (Å²) in [7, 11) is 0. The number of aromatic nitrogens is 2. The lowest BCUT2D eigenvalue weighted by Gasteiger charge is -2.45. The fourth-order valence-corrected chi connectivity index (χ4v) is 3.90. The van der Waals surface area contributed by atoms with Gasteiger partial charge in [0.1, 0.15) is 0 Å². The molecule has 0 bridgehead atoms. The zero-order valence-corrected chi connectivity index (χ0v) is 16.3. The number of carbonyl (C=O) groups excluding carboxylic acids is 1. The summed E-state index contributed by atoms with van der Waals surface area (Å²) in [6.07, 6.45) is 9.29. The molecular formula is C19H27ClN4O2. The minimum Gasteiger partial charge on any atom is -0.449 e. The molecule has 142 valence electrons. The number of hydrogen-bond acceptors (Lipinski definition) is 5. The summed E-state index contributed by atoms with van der Waals surface area (Å²) >= 11 is 5.66. The van der Waals surface area contributed by atoms with E-state index >= 15 is 0 Å². The van der Waals surface area contributed by atoms with Gasteiger partial charge < -0.3 is 15.0 Å². The first-order valence-corrected chi connectivity index (χ1v) is 9.58. The van der Waals surface area contributed by atoms with E-state index in [2.05, 4.69) is 35.2 Å². The van der Waals surface area contributed by atoms with Crippen LogP contribution in [0.15, 0.2) is 24.0 Å². The minimum atomic E-state index is -0.210. The summed E-state index contributed by atoms with van der Waals surface area (Å²) < 4.78 is 5.42. The number of carbonyl (C=O) groups is 1. The lowest BCUT2D eigenvalue weighted by molar-refractivity contribution is 0.0765. The van der Waals surface area contributed by atoms with Gasteiger partial charge in [-0.25, -0.2) is 14.8 Å². The molecule has 1 aromatic rings. The Hall–Kier alpha value is -1.66. The van der Waals surface area contributed by atoms with Gasteiger partial charge in [-0.15, -0.1) is 0 Å². The molecule has 0 unspecified atom stereocenters. The van der Waals surface area contributed by atoms with Gasteiger partial charge in [-0.05, 0) is 55.7 Å². The average molecular weight is 379 g/mol. The average Bonchev–Trinajstić information content (AvgIpc) is 3.01. The first-order chi connectivity index (χ1) is 12.5. The van der Waals surface area contributed by atoms with Crippen LogP contribution in [0.4, 0.5) is 4.79 Å². The molecule has 1 amide bonds. The molecule has 1 N–H and O–H groups in total. The normalized spacial score (nSPS) is 24.4. The summed E-state index contributed by atoms with van der Waals surface area (Å²) in [6, 6.07) is 0.575. The zero-order valence-electron chi connectivity index (χ0n) is 15.5. The third-order valence-corrected chi connectivity index (χ3v) is 5.46. The van der Waals surface area contributed by atoms with Crippen LogP contribution in [0.2, 0.25) is 5.28 Å². The van der Waals surface area contributed by atoms with E-state index in [0.717, 1.165) is 44.5 Å². The second kappa shape index (κ2) is 8.35. The van der Waals surface area contributed by atoms with Gasteiger partial charge >= 0.3 is 6.09 Å². The summed E-state index contributed by atoms with van der Waals surface area (Å²) in [5.41, 5.74) is 2.54. The third-order valence-electron chi connectivity index (χ3n) is 5.26. The molecule has 1 aliphatic carbocycles. The van der Waals surface area contributed by atoms with Gasteiger partial charge in [-0.3, -0.25) is 0 Å². The fourth-order valence-electron chi connectivity index (χ4n) is 3.80. The number of ether oxygens (including phenoxy) is 1. The van der Waals surface area contributed by atoms with E-state index in [1.807, 2.05) is 4.90 Å². The van der Waals surface area contributed by atoms with Crippen LogP contribution in [0.25, 0.3) is 0 Å². The predicted molar refractivity (Wildman–Crippen MR) is 101 cm³/mol. The molecule has 1 aliphatic heterocycles. The van der Waals surface area contributed by atoms with E-state index in [9.17, 15) is 4.79 Å². The lowest BCUT2D eigenvalue weighted by Crippen LogP contribution is -2.50. The van der Waals surface area contributed by atoms with E-state index < -0.39 is 0 Å². The summed E-state index contributed by atoms with van der Waals surface area (Å²) in [5, 5.41) is 3.79. The van der Waals surface area contributed by atoms with Crippen molar-refractivity contribution in [3.05, 3.63) is 34.9 Å². The number of nitrogens with one attached hydrogen (secondary N) is 1. The van der Waals surface area contributed by atoms with Crippen molar-refractivity contribution in [2.75, 3.05) is 26.2 Å². The van der Waals surface area contributed by atoms with Crippen molar-refractivity contribution in [1.29, 1.82) is 0 Å². The molecule has 2 aliphatic rings. The topological polar surface area (TPSA) is 67.4 Å². The van der Waals surface area contributed by atoms with Gasteiger partial charge in [-0.1, -0.05) is 11.6 Å². The van der Waals surface area contributed by atoms with E-state index in [1.54, 1.807) is 12.4 Å². The van der Waals surface area contributed by atoms with Crippen molar-refractivity contribution in [3.63, 3.8) is 0 Å². The van der Waals surface area contributed by atoms with Crippen molar-refractivity contribution in [2.45, 2.75) is 45.6 Å². The van der Waals surface area contributed by atoms with Crippen molar-refractivity contribution in [2.24, 2.45) is 5.41 Å². The van der Waals surface area contributed by atoms with Gasteiger partial charge in [0.15, 0.2) is 0 Å². The van der Waals surface area contributed by atoms with Gasteiger partial charge in [-0.2, -0.15) is 0 Å². The smallest absolute Gasteiger partial charge is 0.409 e. The standard InChI is InChI=1S/C19H27ClN4O2/c1-14(2)3-6-21-16-9-19(10-16)5-7-24(13-19)18(25)26-8-4-15-11-22-17(20)23-12-15/h3,11-12,16,21H,4-10,13H2,1-2H3. The van der Waals surface area contributed by atoms with Crippen molar-refractivity contribution in [1.82, 2.24) is 20.2 Å². The first kappa shape index (κ1) is 19.1. The minimum absolute atomic E-state index is 0.210. The summed E-state index contributed by atoms with van der Waals surface area (Å²) in [5.74, 6) is 0. The number of nitrogens with zero attached hydrogens (tertiary/aromatic N) is 3. The van der Waals surface area contributed by atoms with Crippen LogP contribution in [0.3, 0.4) is 0 Å². The number of amides is 1. The van der Waals surface area contributed by atoms with Crippen LogP contribution in [0.5, 0.6) is 0 Å². The Labute approximate surface area is 160 Å². The Morgan fingerprint density at radius 2 is 2.15 bits per heavy atom. The number of likely N-dealkylation sites (tertiary alicyclic amines) is 1. The van der Waals surface area contributed by atoms with Crippen LogP contribution >= 0.6 is 11.6 Å². The molecule has 1 aromatic heterocycles. The molecule has 6 nitrogen and oxygen atoms in total. The van der Waals surface area contributed by atoms with Crippen LogP contribution in [-0.2, 0) is 11.2 Å². The lowest BCUT2D eigenvalue weighted by atomic mass is 9.65. The summed E-state index contributed by atoms with van der Waals surface area (Å²) in [6.45, 7) is 7.11. The summed E-state index contributed by atoms with van der Waals surface area (Å²) in [4.78, 5) is 22.0. The largest absolute Gasteiger partial charge is 0.449 e. The highest BCUT2D eigenvalue weighted by atomic mass is 35.5. The molecule has 0 radical (unpaired) electrons. The quantitative estimate of drug-likeness (QED) is 0.608. The maximum Gasteiger partial charge on any atom is 0.409 e. The van der Waals surface area contributed by atoms with Crippen molar-refractivity contribution >= 4 is 17.7 Å². The van der Waals surface area contributed by atoms with Gasteiger partial charge in [0.05, 0.1) is 6.61 Å². The molecular weight excluding hydrogens is 352 g/mol. The van der Waals surface area contributed by atoms with Gasteiger partial charge in [0, 0.05) is 44.5 Å². The Bertz CT molecular complexity index is 652. The van der Waals surface area contributed by atoms with E-state index in [-0.39, 0.29) is 11.4 Å². The Morgan fingerprint density at radius 3 is 2.85 bits per heavy atom. The Balaban J connectivity index is 1.35. The number of hydrogen-bond donors (Lipinski definition) is 1. The van der Waals surface area contributed by atoms with Gasteiger partial charge in [0.2, 0.25) is 5.28 Å². The first-order valence-electron chi connectivity index (χ1n) is 9.21. The molecule has 1 saturated heterocycles. The maximum atomic E-state index is 12.3. The SMILES string of the molecule is CC(C)=CCNC1CC2(CCN(C(=O)OCCc3cnc(Cl)nc3)C2)C1. The Kier molecular flexibility index (Phi) is 6.14. The molecule has 3 rings (SSSR count). The molecule has 2 fully saturated rings. The van der Waals surface area contributed by atoms with Crippen molar-refractivity contribution < 1.29 is 9.53 Å².